The highest BCUT2D eigenvalue weighted by atomic mass is 32.2. The Labute approximate surface area is 185 Å². The van der Waals surface area contributed by atoms with Crippen molar-refractivity contribution < 1.29 is 31.5 Å². The molecule has 2 N–H and O–H groups in total. The molecule has 1 aromatic heterocycles. The minimum atomic E-state index is -4.94. The van der Waals surface area contributed by atoms with Gasteiger partial charge in [0.15, 0.2) is 0 Å². The lowest BCUT2D eigenvalue weighted by Crippen LogP contribution is -2.32. The molecule has 0 aliphatic carbocycles. The number of hydrogen-bond acceptors (Lipinski definition) is 6. The molecule has 11 heteroatoms. The van der Waals surface area contributed by atoms with E-state index in [-0.39, 0.29) is 27.7 Å². The summed E-state index contributed by atoms with van der Waals surface area (Å²) in [7, 11) is -4.94. The van der Waals surface area contributed by atoms with E-state index in [0.717, 1.165) is 6.07 Å². The number of pyridine rings is 1. The fourth-order valence-electron chi connectivity index (χ4n) is 3.64. The number of aromatic nitrogens is 1. The van der Waals surface area contributed by atoms with Crippen LogP contribution in [0.25, 0.3) is 5.57 Å². The Balaban J connectivity index is 1.90. The van der Waals surface area contributed by atoms with Crippen molar-refractivity contribution in [2.45, 2.75) is 29.2 Å². The Kier molecular flexibility index (Phi) is 5.66. The smallest absolute Gasteiger partial charge is 0.307 e. The van der Waals surface area contributed by atoms with Crippen LogP contribution in [0.15, 0.2) is 63.4 Å². The largest absolute Gasteiger partial charge is 0.481 e. The second kappa shape index (κ2) is 8.32. The average molecular weight is 475 g/mol. The second-order valence-electron chi connectivity index (χ2n) is 7.28. The molecule has 170 valence electrons. The molecule has 1 atom stereocenters. The van der Waals surface area contributed by atoms with E-state index in [4.69, 9.17) is 0 Å². The molecule has 2 aromatic carbocycles. The summed E-state index contributed by atoms with van der Waals surface area (Å²) in [6, 6.07) is 7.14. The molecular weight excluding hydrogens is 459 g/mol. The minimum Gasteiger partial charge on any atom is -0.481 e. The molecule has 33 heavy (non-hydrogen) atoms. The molecule has 0 bridgehead atoms. The lowest BCUT2D eigenvalue weighted by atomic mass is 10.0. The Morgan fingerprint density at radius 3 is 2.52 bits per heavy atom. The maximum atomic E-state index is 14.9. The van der Waals surface area contributed by atoms with Crippen LogP contribution in [0.3, 0.4) is 0 Å². The van der Waals surface area contributed by atoms with Crippen molar-refractivity contribution in [3.63, 3.8) is 0 Å². The van der Waals surface area contributed by atoms with Gasteiger partial charge < -0.3 is 10.4 Å². The van der Waals surface area contributed by atoms with Crippen LogP contribution in [0, 0.1) is 17.5 Å². The van der Waals surface area contributed by atoms with Gasteiger partial charge in [-0.2, -0.15) is 0 Å². The van der Waals surface area contributed by atoms with Gasteiger partial charge >= 0.3 is 5.97 Å². The number of sulfone groups is 1. The number of aliphatic carboxylic acids is 1. The molecule has 0 amide bonds. The van der Waals surface area contributed by atoms with Crippen LogP contribution in [0.2, 0.25) is 0 Å². The van der Waals surface area contributed by atoms with E-state index < -0.39 is 55.5 Å². The van der Waals surface area contributed by atoms with E-state index in [2.05, 4.69) is 15.3 Å². The zero-order chi connectivity index (χ0) is 23.9. The molecule has 2 heterocycles. The Hall–Kier alpha value is -3.73. The Bertz CT molecular complexity index is 1510. The minimum absolute atomic E-state index is 0.0601. The van der Waals surface area contributed by atoms with Crippen molar-refractivity contribution in [2.24, 2.45) is 4.99 Å². The number of carbonyl (C=O) groups is 1. The van der Waals surface area contributed by atoms with Crippen molar-refractivity contribution in [1.82, 2.24) is 4.98 Å². The molecule has 1 aliphatic heterocycles. The number of benzene rings is 2. The highest BCUT2D eigenvalue weighted by Crippen LogP contribution is 2.29. The van der Waals surface area contributed by atoms with Gasteiger partial charge in [-0.3, -0.25) is 9.79 Å². The van der Waals surface area contributed by atoms with Gasteiger partial charge in [-0.25, -0.2) is 26.6 Å². The van der Waals surface area contributed by atoms with Gasteiger partial charge in [0.25, 0.3) is 0 Å². The van der Waals surface area contributed by atoms with Crippen LogP contribution < -0.4 is 15.9 Å². The van der Waals surface area contributed by atoms with Crippen LogP contribution in [-0.2, 0) is 14.6 Å². The first-order chi connectivity index (χ1) is 15.6. The molecule has 0 fully saturated rings. The lowest BCUT2D eigenvalue weighted by Gasteiger charge is -2.12. The first kappa shape index (κ1) is 22.5. The average Bonchev–Trinajstić information content (AvgIpc) is 3.05. The van der Waals surface area contributed by atoms with Crippen molar-refractivity contribution in [1.29, 1.82) is 0 Å². The number of anilines is 2. The molecule has 0 saturated carbocycles. The third kappa shape index (κ3) is 4.07. The predicted molar refractivity (Wildman–Crippen MR) is 112 cm³/mol. The molecule has 0 spiro atoms. The predicted octanol–water partition coefficient (Wildman–Crippen LogP) is 2.72. The van der Waals surface area contributed by atoms with Crippen molar-refractivity contribution >= 4 is 32.9 Å². The summed E-state index contributed by atoms with van der Waals surface area (Å²) in [5.74, 6) is -4.73. The van der Waals surface area contributed by atoms with E-state index in [1.54, 1.807) is 12.1 Å². The lowest BCUT2D eigenvalue weighted by molar-refractivity contribution is -0.135. The summed E-state index contributed by atoms with van der Waals surface area (Å²) in [5.41, 5.74) is -0.310. The molecule has 4 rings (SSSR count). The number of nitrogens with one attached hydrogen (secondary N) is 1. The SMILES string of the molecule is CC1N=c2ccc(F)c(S(=O)(=O)c3cc(F)c(Nc4ccccn4)cc3F)c2=C1CC(=O)O. The summed E-state index contributed by atoms with van der Waals surface area (Å²) >= 11 is 0. The van der Waals surface area contributed by atoms with Gasteiger partial charge in [-0.05, 0) is 42.8 Å². The van der Waals surface area contributed by atoms with Crippen molar-refractivity contribution in [3.05, 3.63) is 76.7 Å². The monoisotopic (exact) mass is 475 g/mol. The van der Waals surface area contributed by atoms with Crippen LogP contribution in [0.1, 0.15) is 13.3 Å². The highest BCUT2D eigenvalue weighted by molar-refractivity contribution is 7.91. The van der Waals surface area contributed by atoms with E-state index in [0.29, 0.717) is 12.1 Å². The number of hydrogen-bond donors (Lipinski definition) is 2. The molecule has 7 nitrogen and oxygen atoms in total. The standard InChI is InChI=1S/C22H16F3N3O4S/c1-11-12(8-20(29)30)21-16(27-11)6-5-13(23)22(21)33(31,32)18-10-14(24)17(9-15(18)25)28-19-4-2-3-7-26-19/h2-7,9-11H,8H2,1H3,(H,26,28)(H,29,30). The molecule has 0 saturated heterocycles. The number of carboxylic acids is 1. The summed E-state index contributed by atoms with van der Waals surface area (Å²) in [5, 5.41) is 11.6. The van der Waals surface area contributed by atoms with Gasteiger partial charge in [0.05, 0.1) is 23.5 Å². The zero-order valence-corrected chi connectivity index (χ0v) is 17.8. The number of nitrogens with zero attached hydrogens (tertiary/aromatic N) is 2. The number of fused-ring (bicyclic) bond motifs is 1. The van der Waals surface area contributed by atoms with Crippen molar-refractivity contribution in [2.75, 3.05) is 5.32 Å². The normalized spacial score (nSPS) is 15.2. The molecule has 1 aliphatic rings. The first-order valence-electron chi connectivity index (χ1n) is 9.63. The maximum Gasteiger partial charge on any atom is 0.307 e. The van der Waals surface area contributed by atoms with Crippen LogP contribution in [0.4, 0.5) is 24.7 Å². The van der Waals surface area contributed by atoms with Crippen molar-refractivity contribution in [3.8, 4) is 0 Å². The summed E-state index contributed by atoms with van der Waals surface area (Å²) in [6.07, 6.45) is 0.832. The molecular formula is C22H16F3N3O4S. The van der Waals surface area contributed by atoms with E-state index >= 15 is 0 Å². The summed E-state index contributed by atoms with van der Waals surface area (Å²) in [6.45, 7) is 1.53. The van der Waals surface area contributed by atoms with Gasteiger partial charge in [0.1, 0.15) is 33.1 Å². The quantitative estimate of drug-likeness (QED) is 0.568. The van der Waals surface area contributed by atoms with Crippen LogP contribution >= 0.6 is 0 Å². The van der Waals surface area contributed by atoms with Gasteiger partial charge in [0.2, 0.25) is 9.84 Å². The molecule has 0 radical (unpaired) electrons. The fourth-order valence-corrected chi connectivity index (χ4v) is 5.26. The van der Waals surface area contributed by atoms with Crippen LogP contribution in [0.5, 0.6) is 0 Å². The Morgan fingerprint density at radius 1 is 1.09 bits per heavy atom. The number of halogens is 3. The fraction of sp³-hybridized carbons (Fsp3) is 0.136. The van der Waals surface area contributed by atoms with Gasteiger partial charge in [0, 0.05) is 17.5 Å². The topological polar surface area (TPSA) is 109 Å². The molecule has 1 unspecified atom stereocenters. The van der Waals surface area contributed by atoms with E-state index in [1.165, 1.54) is 25.3 Å². The number of rotatable bonds is 6. The number of carboxylic acid groups (broad SMARTS) is 1. The molecule has 3 aromatic rings. The Morgan fingerprint density at radius 2 is 1.85 bits per heavy atom. The third-order valence-electron chi connectivity index (χ3n) is 5.09. The zero-order valence-electron chi connectivity index (χ0n) is 17.0. The van der Waals surface area contributed by atoms with E-state index in [1.807, 2.05) is 0 Å². The maximum absolute atomic E-state index is 14.9. The van der Waals surface area contributed by atoms with E-state index in [9.17, 15) is 31.5 Å². The van der Waals surface area contributed by atoms with Gasteiger partial charge in [-0.15, -0.1) is 0 Å². The third-order valence-corrected chi connectivity index (χ3v) is 6.92. The summed E-state index contributed by atoms with van der Waals surface area (Å²) < 4.78 is 71.1. The second-order valence-corrected chi connectivity index (χ2v) is 9.13. The summed E-state index contributed by atoms with van der Waals surface area (Å²) in [4.78, 5) is 17.4. The van der Waals surface area contributed by atoms with Crippen LogP contribution in [-0.4, -0.2) is 30.5 Å². The highest BCUT2D eigenvalue weighted by Gasteiger charge is 2.32. The van der Waals surface area contributed by atoms with Gasteiger partial charge in [-0.1, -0.05) is 6.07 Å². The first-order valence-corrected chi connectivity index (χ1v) is 11.1.